The zero-order valence-electron chi connectivity index (χ0n) is 19.7. The number of aliphatic hydroxyl groups is 2. The molecule has 4 heteroatoms. The highest BCUT2D eigenvalue weighted by Gasteiger charge is 2.39. The van der Waals surface area contributed by atoms with Gasteiger partial charge in [-0.2, -0.15) is 0 Å². The zero-order chi connectivity index (χ0) is 22.7. The Kier molecular flexibility index (Phi) is 9.86. The van der Waals surface area contributed by atoms with Gasteiger partial charge < -0.3 is 19.7 Å². The summed E-state index contributed by atoms with van der Waals surface area (Å²) in [5.74, 6) is 1.60. The van der Waals surface area contributed by atoms with E-state index in [1.165, 1.54) is 11.1 Å². The molecule has 4 nitrogen and oxygen atoms in total. The van der Waals surface area contributed by atoms with E-state index >= 15 is 0 Å². The Labute approximate surface area is 188 Å². The van der Waals surface area contributed by atoms with Gasteiger partial charge in [0.15, 0.2) is 0 Å². The Bertz CT molecular complexity index is 678. The van der Waals surface area contributed by atoms with Crippen LogP contribution in [0.2, 0.25) is 0 Å². The molecule has 0 amide bonds. The number of ether oxygens (including phenoxy) is 2. The van der Waals surface area contributed by atoms with Gasteiger partial charge in [-0.1, -0.05) is 52.0 Å². The van der Waals surface area contributed by atoms with Crippen LogP contribution < -0.4 is 9.47 Å². The molecule has 172 valence electrons. The van der Waals surface area contributed by atoms with Gasteiger partial charge in [0, 0.05) is 0 Å². The largest absolute Gasteiger partial charge is 0.491 e. The molecule has 0 unspecified atom stereocenters. The van der Waals surface area contributed by atoms with E-state index in [1.807, 2.05) is 24.3 Å². The molecule has 0 bridgehead atoms. The molecular formula is C27H40O4. The number of benzene rings is 2. The fourth-order valence-corrected chi connectivity index (χ4v) is 4.80. The van der Waals surface area contributed by atoms with Crippen LogP contribution in [0, 0.1) is 0 Å². The van der Waals surface area contributed by atoms with Gasteiger partial charge >= 0.3 is 0 Å². The van der Waals surface area contributed by atoms with E-state index in [9.17, 15) is 0 Å². The molecule has 2 N–H and O–H groups in total. The predicted molar refractivity (Wildman–Crippen MR) is 127 cm³/mol. The Morgan fingerprint density at radius 3 is 1.16 bits per heavy atom. The van der Waals surface area contributed by atoms with E-state index in [2.05, 4.69) is 52.0 Å². The lowest BCUT2D eigenvalue weighted by Crippen LogP contribution is -2.37. The Hall–Kier alpha value is -2.04. The highest BCUT2D eigenvalue weighted by Crippen LogP contribution is 2.47. The maximum absolute atomic E-state index is 8.99. The second-order valence-corrected chi connectivity index (χ2v) is 8.34. The zero-order valence-corrected chi connectivity index (χ0v) is 19.7. The summed E-state index contributed by atoms with van der Waals surface area (Å²) in [4.78, 5) is 0. The standard InChI is InChI=1S/C27H40O4/c1-5-26(6-2,22-9-13-24(14-10-22)30-19-17-28)21-27(7-3,8-4)23-11-15-25(16-12-23)31-20-18-29/h9-16,28-29H,5-8,17-21H2,1-4H3. The molecule has 0 spiro atoms. The van der Waals surface area contributed by atoms with E-state index in [-0.39, 0.29) is 24.0 Å². The molecule has 0 radical (unpaired) electrons. The lowest BCUT2D eigenvalue weighted by molar-refractivity contribution is 0.201. The van der Waals surface area contributed by atoms with Crippen LogP contribution in [0.3, 0.4) is 0 Å². The molecule has 0 heterocycles. The van der Waals surface area contributed by atoms with Crippen LogP contribution in [0.1, 0.15) is 70.9 Å². The molecule has 0 aliphatic heterocycles. The lowest BCUT2D eigenvalue weighted by Gasteiger charge is -2.43. The van der Waals surface area contributed by atoms with Crippen molar-refractivity contribution >= 4 is 0 Å². The van der Waals surface area contributed by atoms with Crippen molar-refractivity contribution in [2.45, 2.75) is 70.6 Å². The Morgan fingerprint density at radius 2 is 0.903 bits per heavy atom. The summed E-state index contributed by atoms with van der Waals surface area (Å²) in [6.07, 6.45) is 5.35. The van der Waals surface area contributed by atoms with Crippen molar-refractivity contribution in [3.8, 4) is 11.5 Å². The number of rotatable bonds is 14. The third kappa shape index (κ3) is 6.02. The molecular weight excluding hydrogens is 388 g/mol. The minimum atomic E-state index is 0.0228. The van der Waals surface area contributed by atoms with Crippen molar-refractivity contribution in [1.29, 1.82) is 0 Å². The molecule has 2 aromatic rings. The number of aliphatic hydroxyl groups excluding tert-OH is 2. The van der Waals surface area contributed by atoms with Crippen LogP contribution >= 0.6 is 0 Å². The van der Waals surface area contributed by atoms with E-state index in [0.29, 0.717) is 13.2 Å². The van der Waals surface area contributed by atoms with Crippen LogP contribution in [0.25, 0.3) is 0 Å². The topological polar surface area (TPSA) is 58.9 Å². The average molecular weight is 429 g/mol. The van der Waals surface area contributed by atoms with Crippen molar-refractivity contribution in [2.75, 3.05) is 26.4 Å². The molecule has 0 saturated heterocycles. The Morgan fingerprint density at radius 1 is 0.581 bits per heavy atom. The molecule has 2 rings (SSSR count). The van der Waals surface area contributed by atoms with Crippen molar-refractivity contribution in [3.63, 3.8) is 0 Å². The first-order valence-corrected chi connectivity index (χ1v) is 11.7. The molecule has 0 atom stereocenters. The Balaban J connectivity index is 2.35. The minimum Gasteiger partial charge on any atom is -0.491 e. The monoisotopic (exact) mass is 428 g/mol. The minimum absolute atomic E-state index is 0.0228. The highest BCUT2D eigenvalue weighted by atomic mass is 16.5. The van der Waals surface area contributed by atoms with Crippen LogP contribution in [0.5, 0.6) is 11.5 Å². The van der Waals surface area contributed by atoms with Gasteiger partial charge in [0.05, 0.1) is 13.2 Å². The summed E-state index contributed by atoms with van der Waals surface area (Å²) < 4.78 is 11.1. The normalized spacial score (nSPS) is 12.1. The molecule has 2 aromatic carbocycles. The number of hydrogen-bond donors (Lipinski definition) is 2. The van der Waals surface area contributed by atoms with Gasteiger partial charge in [0.25, 0.3) is 0 Å². The van der Waals surface area contributed by atoms with Gasteiger partial charge in [-0.05, 0) is 78.3 Å². The molecule has 0 aliphatic rings. The summed E-state index contributed by atoms with van der Waals surface area (Å²) >= 11 is 0. The third-order valence-electron chi connectivity index (χ3n) is 7.04. The van der Waals surface area contributed by atoms with Crippen LogP contribution in [0.15, 0.2) is 48.5 Å². The van der Waals surface area contributed by atoms with Crippen molar-refractivity contribution in [3.05, 3.63) is 59.7 Å². The van der Waals surface area contributed by atoms with Gasteiger partial charge in [0.2, 0.25) is 0 Å². The van der Waals surface area contributed by atoms with Crippen molar-refractivity contribution < 1.29 is 19.7 Å². The third-order valence-corrected chi connectivity index (χ3v) is 7.04. The van der Waals surface area contributed by atoms with Crippen LogP contribution in [-0.2, 0) is 10.8 Å². The van der Waals surface area contributed by atoms with E-state index < -0.39 is 0 Å². The average Bonchev–Trinajstić information content (AvgIpc) is 2.84. The second-order valence-electron chi connectivity index (χ2n) is 8.34. The van der Waals surface area contributed by atoms with Gasteiger partial charge in [-0.25, -0.2) is 0 Å². The van der Waals surface area contributed by atoms with Gasteiger partial charge in [-0.15, -0.1) is 0 Å². The smallest absolute Gasteiger partial charge is 0.119 e. The second kappa shape index (κ2) is 12.1. The van der Waals surface area contributed by atoms with Gasteiger partial charge in [-0.3, -0.25) is 0 Å². The van der Waals surface area contributed by atoms with Crippen molar-refractivity contribution in [2.24, 2.45) is 0 Å². The summed E-state index contributed by atoms with van der Waals surface area (Å²) in [6, 6.07) is 16.9. The van der Waals surface area contributed by atoms with Crippen LogP contribution in [-0.4, -0.2) is 36.6 Å². The van der Waals surface area contributed by atoms with E-state index in [1.54, 1.807) is 0 Å². The van der Waals surface area contributed by atoms with Crippen molar-refractivity contribution in [1.82, 2.24) is 0 Å². The first kappa shape index (κ1) is 25.2. The first-order valence-electron chi connectivity index (χ1n) is 11.7. The van der Waals surface area contributed by atoms with E-state index in [4.69, 9.17) is 19.7 Å². The van der Waals surface area contributed by atoms with Gasteiger partial charge in [0.1, 0.15) is 24.7 Å². The predicted octanol–water partition coefficient (Wildman–Crippen LogP) is 5.63. The molecule has 0 fully saturated rings. The van der Waals surface area contributed by atoms with Crippen LogP contribution in [0.4, 0.5) is 0 Å². The fraction of sp³-hybridized carbons (Fsp3) is 0.556. The molecule has 0 aromatic heterocycles. The highest BCUT2D eigenvalue weighted by molar-refractivity contribution is 5.37. The fourth-order valence-electron chi connectivity index (χ4n) is 4.80. The summed E-state index contributed by atoms with van der Waals surface area (Å²) in [6.45, 7) is 9.86. The maximum atomic E-state index is 8.99. The molecule has 0 saturated carbocycles. The summed E-state index contributed by atoms with van der Waals surface area (Å²) in [5.41, 5.74) is 2.85. The molecule has 31 heavy (non-hydrogen) atoms. The lowest BCUT2D eigenvalue weighted by atomic mass is 9.61. The molecule has 0 aliphatic carbocycles. The quantitative estimate of drug-likeness (QED) is 0.409. The summed E-state index contributed by atoms with van der Waals surface area (Å²) in [7, 11) is 0. The number of hydrogen-bond acceptors (Lipinski definition) is 4. The first-order chi connectivity index (χ1) is 15.0. The van der Waals surface area contributed by atoms with E-state index in [0.717, 1.165) is 43.6 Å². The summed E-state index contributed by atoms with van der Waals surface area (Å²) in [5, 5.41) is 18.0. The SMILES string of the molecule is CCC(CC)(CC(CC)(CC)c1ccc(OCCO)cc1)c1ccc(OCCO)cc1. The maximum Gasteiger partial charge on any atom is 0.119 e.